The van der Waals surface area contributed by atoms with Crippen LogP contribution in [0.3, 0.4) is 0 Å². The van der Waals surface area contributed by atoms with Crippen LogP contribution in [0.2, 0.25) is 10.0 Å². The summed E-state index contributed by atoms with van der Waals surface area (Å²) in [5.74, 6) is 0.394. The summed E-state index contributed by atoms with van der Waals surface area (Å²) in [7, 11) is 0. The average Bonchev–Trinajstić information content (AvgIpc) is 3.12. The zero-order valence-corrected chi connectivity index (χ0v) is 16.1. The van der Waals surface area contributed by atoms with Crippen LogP contribution in [0.25, 0.3) is 0 Å². The molecule has 0 fully saturated rings. The molecule has 0 aliphatic rings. The number of hydrogen-bond donors (Lipinski definition) is 1. The number of anilines is 1. The van der Waals surface area contributed by atoms with Gasteiger partial charge in [0.25, 0.3) is 0 Å². The van der Waals surface area contributed by atoms with Gasteiger partial charge in [-0.05, 0) is 31.5 Å². The Labute approximate surface area is 161 Å². The summed E-state index contributed by atoms with van der Waals surface area (Å²) in [5, 5.41) is 12.8. The highest BCUT2D eigenvalue weighted by Gasteiger charge is 2.11. The third-order valence-corrected chi connectivity index (χ3v) is 4.77. The van der Waals surface area contributed by atoms with E-state index in [4.69, 9.17) is 23.2 Å². The van der Waals surface area contributed by atoms with Crippen LogP contribution in [0.1, 0.15) is 23.4 Å². The second-order valence-electron chi connectivity index (χ2n) is 6.03. The van der Waals surface area contributed by atoms with Crippen LogP contribution < -0.4 is 5.32 Å². The van der Waals surface area contributed by atoms with Crippen LogP contribution in [0.4, 0.5) is 5.82 Å². The van der Waals surface area contributed by atoms with Crippen molar-refractivity contribution in [2.75, 3.05) is 5.32 Å². The predicted octanol–water partition coefficient (Wildman–Crippen LogP) is 4.08. The molecule has 8 heteroatoms. The molecule has 1 aromatic carbocycles. The van der Waals surface area contributed by atoms with Gasteiger partial charge in [0, 0.05) is 23.7 Å². The van der Waals surface area contributed by atoms with Crippen LogP contribution in [0.15, 0.2) is 36.5 Å². The molecule has 0 bridgehead atoms. The Morgan fingerprint density at radius 3 is 2.69 bits per heavy atom. The molecule has 2 heterocycles. The number of aromatic nitrogens is 4. The topological polar surface area (TPSA) is 64.7 Å². The van der Waals surface area contributed by atoms with Crippen molar-refractivity contribution in [2.45, 2.75) is 33.4 Å². The second kappa shape index (κ2) is 7.93. The molecule has 2 aromatic heterocycles. The quantitative estimate of drug-likeness (QED) is 0.688. The summed E-state index contributed by atoms with van der Waals surface area (Å²) < 4.78 is 3.50. The van der Waals surface area contributed by atoms with Crippen LogP contribution in [0, 0.1) is 13.8 Å². The Bertz CT molecular complexity index is 932. The molecular formula is C18H19Cl2N5O. The molecule has 0 unspecified atom stereocenters. The SMILES string of the molecule is Cc1nn(CCC(=O)Nc2ccn(Cc3cccc(Cl)c3)n2)c(C)c1Cl. The van der Waals surface area contributed by atoms with E-state index in [2.05, 4.69) is 15.5 Å². The molecule has 1 N–H and O–H groups in total. The third-order valence-electron chi connectivity index (χ3n) is 3.99. The van der Waals surface area contributed by atoms with Crippen LogP contribution in [0.5, 0.6) is 0 Å². The molecule has 0 saturated heterocycles. The van der Waals surface area contributed by atoms with Crippen molar-refractivity contribution in [2.24, 2.45) is 0 Å². The highest BCUT2D eigenvalue weighted by molar-refractivity contribution is 6.31. The standard InChI is InChI=1S/C18H19Cl2N5O/c1-12-18(20)13(2)25(22-12)9-7-17(26)21-16-6-8-24(23-16)11-14-4-3-5-15(19)10-14/h3-6,8,10H,7,9,11H2,1-2H3,(H,21,23,26). The van der Waals surface area contributed by atoms with Gasteiger partial charge in [0.15, 0.2) is 5.82 Å². The maximum absolute atomic E-state index is 12.1. The van der Waals surface area contributed by atoms with Gasteiger partial charge in [-0.2, -0.15) is 10.2 Å². The molecule has 6 nitrogen and oxygen atoms in total. The maximum atomic E-state index is 12.1. The number of carbonyl (C=O) groups is 1. The van der Waals surface area contributed by atoms with Gasteiger partial charge in [0.1, 0.15) is 0 Å². The van der Waals surface area contributed by atoms with Crippen molar-refractivity contribution in [1.82, 2.24) is 19.6 Å². The minimum Gasteiger partial charge on any atom is -0.309 e. The fourth-order valence-corrected chi connectivity index (χ4v) is 2.99. The summed E-state index contributed by atoms with van der Waals surface area (Å²) in [5.41, 5.74) is 2.67. The molecular weight excluding hydrogens is 373 g/mol. The highest BCUT2D eigenvalue weighted by Crippen LogP contribution is 2.19. The van der Waals surface area contributed by atoms with Crippen molar-refractivity contribution in [3.05, 3.63) is 63.5 Å². The smallest absolute Gasteiger partial charge is 0.227 e. The monoisotopic (exact) mass is 391 g/mol. The number of halogens is 2. The third kappa shape index (κ3) is 4.45. The number of nitrogens with one attached hydrogen (secondary N) is 1. The Balaban J connectivity index is 1.55. The fraction of sp³-hybridized carbons (Fsp3) is 0.278. The van der Waals surface area contributed by atoms with E-state index in [1.807, 2.05) is 44.3 Å². The Hall–Kier alpha value is -2.31. The molecule has 0 aliphatic carbocycles. The Morgan fingerprint density at radius 1 is 1.19 bits per heavy atom. The number of amides is 1. The number of aryl methyl sites for hydroxylation is 2. The Kier molecular flexibility index (Phi) is 5.64. The van der Waals surface area contributed by atoms with E-state index in [0.717, 1.165) is 17.0 Å². The second-order valence-corrected chi connectivity index (χ2v) is 6.85. The van der Waals surface area contributed by atoms with E-state index >= 15 is 0 Å². The molecule has 26 heavy (non-hydrogen) atoms. The van der Waals surface area contributed by atoms with Gasteiger partial charge in [0.05, 0.1) is 29.5 Å². The highest BCUT2D eigenvalue weighted by atomic mass is 35.5. The predicted molar refractivity (Wildman–Crippen MR) is 103 cm³/mol. The van der Waals surface area contributed by atoms with Gasteiger partial charge >= 0.3 is 0 Å². The minimum absolute atomic E-state index is 0.123. The summed E-state index contributed by atoms with van der Waals surface area (Å²) in [4.78, 5) is 12.1. The zero-order valence-electron chi connectivity index (χ0n) is 14.5. The molecule has 0 saturated carbocycles. The lowest BCUT2D eigenvalue weighted by Gasteiger charge is -2.05. The van der Waals surface area contributed by atoms with Gasteiger partial charge < -0.3 is 5.32 Å². The van der Waals surface area contributed by atoms with Gasteiger partial charge in [-0.25, -0.2) is 0 Å². The molecule has 136 valence electrons. The summed E-state index contributed by atoms with van der Waals surface area (Å²) >= 11 is 12.1. The number of nitrogens with zero attached hydrogens (tertiary/aromatic N) is 4. The van der Waals surface area contributed by atoms with Crippen molar-refractivity contribution in [1.29, 1.82) is 0 Å². The van der Waals surface area contributed by atoms with E-state index in [9.17, 15) is 4.79 Å². The molecule has 0 radical (unpaired) electrons. The Morgan fingerprint density at radius 2 is 2.00 bits per heavy atom. The van der Waals surface area contributed by atoms with Crippen molar-refractivity contribution < 1.29 is 4.79 Å². The van der Waals surface area contributed by atoms with Crippen molar-refractivity contribution in [3.63, 3.8) is 0 Å². The van der Waals surface area contributed by atoms with Gasteiger partial charge in [0.2, 0.25) is 5.91 Å². The average molecular weight is 392 g/mol. The number of hydrogen-bond acceptors (Lipinski definition) is 3. The van der Waals surface area contributed by atoms with E-state index in [1.165, 1.54) is 0 Å². The lowest BCUT2D eigenvalue weighted by atomic mass is 10.2. The van der Waals surface area contributed by atoms with Crippen LogP contribution in [-0.4, -0.2) is 25.5 Å². The number of rotatable bonds is 6. The molecule has 3 aromatic rings. The van der Waals surface area contributed by atoms with Crippen LogP contribution in [-0.2, 0) is 17.9 Å². The van der Waals surface area contributed by atoms with E-state index in [0.29, 0.717) is 35.4 Å². The van der Waals surface area contributed by atoms with Crippen molar-refractivity contribution >= 4 is 34.9 Å². The zero-order chi connectivity index (χ0) is 18.7. The molecule has 0 atom stereocenters. The summed E-state index contributed by atoms with van der Waals surface area (Å²) in [6.07, 6.45) is 2.11. The first-order chi connectivity index (χ1) is 12.4. The normalized spacial score (nSPS) is 10.9. The number of carbonyl (C=O) groups excluding carboxylic acids is 1. The molecule has 1 amide bonds. The molecule has 0 spiro atoms. The minimum atomic E-state index is -0.123. The first-order valence-corrected chi connectivity index (χ1v) is 8.95. The van der Waals surface area contributed by atoms with Gasteiger partial charge in [-0.15, -0.1) is 0 Å². The number of benzene rings is 1. The van der Waals surface area contributed by atoms with E-state index < -0.39 is 0 Å². The van der Waals surface area contributed by atoms with Crippen LogP contribution >= 0.6 is 23.2 Å². The fourth-order valence-electron chi connectivity index (χ4n) is 2.64. The largest absolute Gasteiger partial charge is 0.309 e. The first kappa shape index (κ1) is 18.5. The molecule has 0 aliphatic heterocycles. The summed E-state index contributed by atoms with van der Waals surface area (Å²) in [6, 6.07) is 9.36. The maximum Gasteiger partial charge on any atom is 0.227 e. The van der Waals surface area contributed by atoms with E-state index in [1.54, 1.807) is 15.4 Å². The first-order valence-electron chi connectivity index (χ1n) is 8.19. The molecule has 3 rings (SSSR count). The summed E-state index contributed by atoms with van der Waals surface area (Å²) in [6.45, 7) is 4.78. The van der Waals surface area contributed by atoms with Crippen molar-refractivity contribution in [3.8, 4) is 0 Å². The van der Waals surface area contributed by atoms with Gasteiger partial charge in [-0.3, -0.25) is 14.2 Å². The van der Waals surface area contributed by atoms with Gasteiger partial charge in [-0.1, -0.05) is 35.3 Å². The lowest BCUT2D eigenvalue weighted by molar-refractivity contribution is -0.116. The lowest BCUT2D eigenvalue weighted by Crippen LogP contribution is -2.16. The van der Waals surface area contributed by atoms with E-state index in [-0.39, 0.29) is 5.91 Å².